The van der Waals surface area contributed by atoms with Crippen molar-refractivity contribution in [3.05, 3.63) is 76.9 Å². The second-order valence-electron chi connectivity index (χ2n) is 7.84. The first-order valence-corrected chi connectivity index (χ1v) is 17.0. The van der Waals surface area contributed by atoms with Gasteiger partial charge in [0, 0.05) is 21.0 Å². The average Bonchev–Trinajstić information content (AvgIpc) is 2.91. The molecule has 43 heavy (non-hydrogen) atoms. The number of benzene rings is 2. The van der Waals surface area contributed by atoms with Gasteiger partial charge in [-0.3, -0.25) is 0 Å². The lowest BCUT2D eigenvalue weighted by Gasteiger charge is -2.15. The van der Waals surface area contributed by atoms with Gasteiger partial charge in [-0.15, -0.1) is 11.8 Å². The number of hydrogen-bond acceptors (Lipinski definition) is 7. The third-order valence-electron chi connectivity index (χ3n) is 4.74. The van der Waals surface area contributed by atoms with Crippen molar-refractivity contribution in [2.45, 2.75) is 20.1 Å². The van der Waals surface area contributed by atoms with Crippen LogP contribution in [0.3, 0.4) is 0 Å². The van der Waals surface area contributed by atoms with E-state index in [-0.39, 0.29) is 34.9 Å². The van der Waals surface area contributed by atoms with E-state index in [9.17, 15) is 0 Å². The number of nitrogens with zero attached hydrogens (tertiary/aromatic N) is 6. The molecule has 0 unspecified atom stereocenters. The van der Waals surface area contributed by atoms with Crippen molar-refractivity contribution in [2.75, 3.05) is 6.26 Å². The molecule has 0 saturated carbocycles. The van der Waals surface area contributed by atoms with Crippen LogP contribution in [0.15, 0.2) is 53.4 Å². The van der Waals surface area contributed by atoms with Gasteiger partial charge < -0.3 is 0 Å². The molecule has 0 radical (unpaired) electrons. The second-order valence-corrected chi connectivity index (χ2v) is 18.3. The molecule has 0 spiro atoms. The molecule has 0 bridgehead atoms. The summed E-state index contributed by atoms with van der Waals surface area (Å²) >= 11 is 77.2. The summed E-state index contributed by atoms with van der Waals surface area (Å²) in [5, 5.41) is 0.552. The number of rotatable bonds is 3. The first-order chi connectivity index (χ1) is 19.7. The van der Waals surface area contributed by atoms with Gasteiger partial charge in [-0.2, -0.15) is 0 Å². The predicted octanol–water partition coefficient (Wildman–Crippen LogP) is 11.8. The van der Waals surface area contributed by atoms with Crippen molar-refractivity contribution in [1.82, 2.24) is 29.9 Å². The Morgan fingerprint density at radius 1 is 0.442 bits per heavy atom. The van der Waals surface area contributed by atoms with Crippen LogP contribution >= 0.6 is 163 Å². The highest BCUT2D eigenvalue weighted by Gasteiger charge is 2.35. The highest BCUT2D eigenvalue weighted by Crippen LogP contribution is 2.42. The third kappa shape index (κ3) is 11.4. The monoisotopic (exact) mass is 858 g/mol. The van der Waals surface area contributed by atoms with Crippen LogP contribution in [0.25, 0.3) is 22.8 Å². The first-order valence-electron chi connectivity index (χ1n) is 10.9. The van der Waals surface area contributed by atoms with Gasteiger partial charge in [-0.05, 0) is 42.7 Å². The highest BCUT2D eigenvalue weighted by molar-refractivity contribution is 7.98. The molecular formula is C23H11Cl13N6S. The third-order valence-corrected chi connectivity index (χ3v) is 7.76. The van der Waals surface area contributed by atoms with E-state index in [1.807, 2.05) is 30.5 Å². The molecule has 0 saturated heterocycles. The average molecular weight is 864 g/mol. The van der Waals surface area contributed by atoms with E-state index in [0.29, 0.717) is 16.1 Å². The molecule has 20 heteroatoms. The quantitative estimate of drug-likeness (QED) is 0.150. The molecule has 0 N–H and O–H groups in total. The van der Waals surface area contributed by atoms with Crippen LogP contribution in [-0.2, 0) is 15.2 Å². The molecule has 0 atom stereocenters. The van der Waals surface area contributed by atoms with E-state index >= 15 is 0 Å². The molecule has 2 heterocycles. The molecule has 6 nitrogen and oxygen atoms in total. The lowest BCUT2D eigenvalue weighted by Crippen LogP contribution is -2.16. The van der Waals surface area contributed by atoms with E-state index in [4.69, 9.17) is 151 Å². The van der Waals surface area contributed by atoms with Crippen molar-refractivity contribution in [3.63, 3.8) is 0 Å². The lowest BCUT2D eigenvalue weighted by atomic mass is 10.2. The van der Waals surface area contributed by atoms with Gasteiger partial charge in [0.05, 0.1) is 0 Å². The van der Waals surface area contributed by atoms with Gasteiger partial charge in [0.1, 0.15) is 0 Å². The Hall–Kier alpha value is 0.580. The smallest absolute Gasteiger partial charge is 0.209 e. The van der Waals surface area contributed by atoms with Gasteiger partial charge in [0.15, 0.2) is 34.9 Å². The predicted molar refractivity (Wildman–Crippen MR) is 184 cm³/mol. The first kappa shape index (κ1) is 38.0. The fraction of sp³-hybridized carbons (Fsp3) is 0.217. The zero-order valence-corrected chi connectivity index (χ0v) is 31.3. The molecule has 4 rings (SSSR count). The van der Waals surface area contributed by atoms with Crippen LogP contribution in [0.4, 0.5) is 0 Å². The Morgan fingerprint density at radius 2 is 0.721 bits per heavy atom. The number of halogens is 13. The SMILES string of the molecule is CSc1ccc(-c2nc(C(Cl)(Cl)Cl)nc(C(Cl)(Cl)Cl)n2)cc1.Clc1ccc(-c2nc(C(Cl)(Cl)Cl)nc(C(Cl)(Cl)Cl)n2)cc1. The maximum atomic E-state index is 5.83. The molecule has 4 aromatic rings. The Morgan fingerprint density at radius 3 is 0.977 bits per heavy atom. The fourth-order valence-electron chi connectivity index (χ4n) is 2.86. The molecule has 2 aromatic heterocycles. The van der Waals surface area contributed by atoms with Crippen molar-refractivity contribution in [3.8, 4) is 22.8 Å². The van der Waals surface area contributed by atoms with E-state index < -0.39 is 15.2 Å². The molecule has 0 aliphatic rings. The summed E-state index contributed by atoms with van der Waals surface area (Å²) in [5.74, 6) is -0.0623. The van der Waals surface area contributed by atoms with Crippen LogP contribution in [0, 0.1) is 0 Å². The number of aromatic nitrogens is 6. The second kappa shape index (κ2) is 15.2. The van der Waals surface area contributed by atoms with E-state index in [1.165, 1.54) is 0 Å². The number of alkyl halides is 12. The van der Waals surface area contributed by atoms with E-state index in [0.717, 1.165) is 4.90 Å². The van der Waals surface area contributed by atoms with Crippen molar-refractivity contribution in [2.24, 2.45) is 0 Å². The summed E-state index contributed by atoms with van der Waals surface area (Å²) in [5.41, 5.74) is 1.29. The zero-order chi connectivity index (χ0) is 32.4. The van der Waals surface area contributed by atoms with E-state index in [1.54, 1.807) is 36.0 Å². The summed E-state index contributed by atoms with van der Waals surface area (Å²) < 4.78 is -7.48. The van der Waals surface area contributed by atoms with Gasteiger partial charge in [-0.25, -0.2) is 29.9 Å². The van der Waals surface area contributed by atoms with E-state index in [2.05, 4.69) is 29.9 Å². The summed E-state index contributed by atoms with van der Waals surface area (Å²) in [6.45, 7) is 0. The van der Waals surface area contributed by atoms with Gasteiger partial charge >= 0.3 is 0 Å². The number of hydrogen-bond donors (Lipinski definition) is 0. The van der Waals surface area contributed by atoms with Crippen LogP contribution < -0.4 is 0 Å². The normalized spacial score (nSPS) is 12.5. The molecular weight excluding hydrogens is 853 g/mol. The molecule has 2 aromatic carbocycles. The lowest BCUT2D eigenvalue weighted by molar-refractivity contribution is 0.851. The van der Waals surface area contributed by atoms with Crippen molar-refractivity contribution >= 4 is 163 Å². The maximum absolute atomic E-state index is 5.83. The van der Waals surface area contributed by atoms with Gasteiger partial charge in [0.2, 0.25) is 15.2 Å². The van der Waals surface area contributed by atoms with Crippen molar-refractivity contribution in [1.29, 1.82) is 0 Å². The summed E-state index contributed by atoms with van der Waals surface area (Å²) in [6.07, 6.45) is 1.97. The summed E-state index contributed by atoms with van der Waals surface area (Å²) in [6, 6.07) is 14.2. The fourth-order valence-corrected chi connectivity index (χ4v) is 4.40. The van der Waals surface area contributed by atoms with Gasteiger partial charge in [-0.1, -0.05) is 163 Å². The Kier molecular flexibility index (Phi) is 13.4. The van der Waals surface area contributed by atoms with Crippen LogP contribution in [0.5, 0.6) is 0 Å². The summed E-state index contributed by atoms with van der Waals surface area (Å²) in [7, 11) is 0. The minimum atomic E-state index is -1.88. The molecule has 0 fully saturated rings. The molecule has 0 aliphatic heterocycles. The maximum Gasteiger partial charge on any atom is 0.250 e. The highest BCUT2D eigenvalue weighted by atomic mass is 35.6. The van der Waals surface area contributed by atoms with Crippen LogP contribution in [-0.4, -0.2) is 36.2 Å². The van der Waals surface area contributed by atoms with Crippen molar-refractivity contribution < 1.29 is 0 Å². The minimum absolute atomic E-state index is 0.113. The Bertz CT molecular complexity index is 1480. The Labute approximate surface area is 315 Å². The van der Waals surface area contributed by atoms with Gasteiger partial charge in [0.25, 0.3) is 0 Å². The standard InChI is InChI=1S/C12H7Cl6N3S.C11H4Cl7N3/c1-22-7-4-2-6(3-5-7)8-19-9(11(13,14)15)21-10(20-8)12(16,17)18;12-6-3-1-5(2-4-6)7-19-8(10(13,14)15)21-9(20-7)11(16,17)18/h2-5H,1H3;1-4H. The van der Waals surface area contributed by atoms with Crippen LogP contribution in [0.1, 0.15) is 23.3 Å². The molecule has 230 valence electrons. The largest absolute Gasteiger partial charge is 0.250 e. The zero-order valence-electron chi connectivity index (χ0n) is 20.6. The summed E-state index contributed by atoms with van der Waals surface area (Å²) in [4.78, 5) is 25.3. The molecule has 0 aliphatic carbocycles. The topological polar surface area (TPSA) is 77.3 Å². The number of thioether (sulfide) groups is 1. The Balaban J connectivity index is 0.000000236. The molecule has 0 amide bonds. The minimum Gasteiger partial charge on any atom is -0.209 e. The van der Waals surface area contributed by atoms with Crippen LogP contribution in [0.2, 0.25) is 5.02 Å².